The molecule has 1 N–H and O–H groups in total. The number of benzene rings is 1. The van der Waals surface area contributed by atoms with Crippen LogP contribution in [-0.2, 0) is 6.18 Å². The normalized spacial score (nSPS) is 12.3. The lowest BCUT2D eigenvalue weighted by atomic mass is 9.94. The predicted molar refractivity (Wildman–Crippen MR) is 72.9 cm³/mol. The minimum absolute atomic E-state index is 0.0174. The van der Waals surface area contributed by atoms with Crippen molar-refractivity contribution in [1.29, 1.82) is 0 Å². The minimum Gasteiger partial charge on any atom is -0.345 e. The van der Waals surface area contributed by atoms with Crippen molar-refractivity contribution >= 4 is 17.5 Å². The monoisotopic (exact) mass is 307 g/mol. The molecule has 0 radical (unpaired) electrons. The van der Waals surface area contributed by atoms with Gasteiger partial charge in [-0.1, -0.05) is 19.9 Å². The molecule has 0 saturated heterocycles. The Labute approximate surface area is 121 Å². The van der Waals surface area contributed by atoms with Crippen molar-refractivity contribution in [2.45, 2.75) is 38.4 Å². The van der Waals surface area contributed by atoms with Crippen LogP contribution in [0.2, 0.25) is 0 Å². The zero-order valence-corrected chi connectivity index (χ0v) is 12.1. The summed E-state index contributed by atoms with van der Waals surface area (Å²) in [5.41, 5.74) is -1.45. The van der Waals surface area contributed by atoms with Gasteiger partial charge in [0.2, 0.25) is 0 Å². The van der Waals surface area contributed by atoms with Crippen molar-refractivity contribution in [2.24, 2.45) is 0 Å². The highest BCUT2D eigenvalue weighted by Crippen LogP contribution is 2.29. The van der Waals surface area contributed by atoms with E-state index in [2.05, 4.69) is 5.32 Å². The lowest BCUT2D eigenvalue weighted by Crippen LogP contribution is -2.49. The van der Waals surface area contributed by atoms with E-state index in [0.717, 1.165) is 12.1 Å². The molecule has 0 spiro atoms. The summed E-state index contributed by atoms with van der Waals surface area (Å²) in [5, 5.41) is 2.74. The Hall–Kier alpha value is -1.23. The molecule has 0 unspecified atom stereocenters. The summed E-state index contributed by atoms with van der Waals surface area (Å²) in [6.45, 7) is 3.75. The standard InChI is InChI=1S/C14H17ClF3NO/c1-3-13(4-2,9-15)19-12(20)10-6-5-7-11(8-10)14(16,17)18/h5-8H,3-4,9H2,1-2H3,(H,19,20). The van der Waals surface area contributed by atoms with Crippen molar-refractivity contribution in [3.63, 3.8) is 0 Å². The molecule has 112 valence electrons. The number of halogens is 4. The third-order valence-corrected chi connectivity index (χ3v) is 3.95. The molecule has 1 rings (SSSR count). The average Bonchev–Trinajstić information content (AvgIpc) is 2.44. The van der Waals surface area contributed by atoms with E-state index in [1.165, 1.54) is 12.1 Å². The second-order valence-corrected chi connectivity index (χ2v) is 4.92. The van der Waals surface area contributed by atoms with Crippen LogP contribution >= 0.6 is 11.6 Å². The van der Waals surface area contributed by atoms with E-state index in [9.17, 15) is 18.0 Å². The van der Waals surface area contributed by atoms with Crippen LogP contribution in [0.5, 0.6) is 0 Å². The highest BCUT2D eigenvalue weighted by Gasteiger charge is 2.32. The molecule has 1 amide bonds. The fourth-order valence-corrected chi connectivity index (χ4v) is 2.24. The van der Waals surface area contributed by atoms with Gasteiger partial charge in [-0.05, 0) is 31.0 Å². The van der Waals surface area contributed by atoms with Crippen LogP contribution < -0.4 is 5.32 Å². The fourth-order valence-electron chi connectivity index (χ4n) is 1.80. The van der Waals surface area contributed by atoms with E-state index < -0.39 is 23.2 Å². The first-order valence-electron chi connectivity index (χ1n) is 6.33. The van der Waals surface area contributed by atoms with Crippen LogP contribution in [-0.4, -0.2) is 17.3 Å². The van der Waals surface area contributed by atoms with Crippen molar-refractivity contribution in [3.05, 3.63) is 35.4 Å². The van der Waals surface area contributed by atoms with Crippen molar-refractivity contribution in [3.8, 4) is 0 Å². The molecule has 0 aromatic heterocycles. The Morgan fingerprint density at radius 1 is 1.25 bits per heavy atom. The summed E-state index contributed by atoms with van der Waals surface area (Å²) in [6.07, 6.45) is -3.25. The van der Waals surface area contributed by atoms with Crippen LogP contribution in [0.3, 0.4) is 0 Å². The molecule has 0 aliphatic carbocycles. The van der Waals surface area contributed by atoms with Gasteiger partial charge in [-0.2, -0.15) is 13.2 Å². The second kappa shape index (κ2) is 6.48. The summed E-state index contributed by atoms with van der Waals surface area (Å²) in [7, 11) is 0. The Kier molecular flexibility index (Phi) is 5.45. The van der Waals surface area contributed by atoms with E-state index in [1.807, 2.05) is 13.8 Å². The van der Waals surface area contributed by atoms with Gasteiger partial charge in [0.05, 0.1) is 11.1 Å². The van der Waals surface area contributed by atoms with Crippen LogP contribution in [0.4, 0.5) is 13.2 Å². The van der Waals surface area contributed by atoms with Crippen LogP contribution in [0.15, 0.2) is 24.3 Å². The number of amides is 1. The third kappa shape index (κ3) is 3.88. The number of nitrogens with one attached hydrogen (secondary N) is 1. The number of hydrogen-bond acceptors (Lipinski definition) is 1. The highest BCUT2D eigenvalue weighted by molar-refractivity contribution is 6.19. The maximum Gasteiger partial charge on any atom is 0.416 e. The van der Waals surface area contributed by atoms with Gasteiger partial charge < -0.3 is 5.32 Å². The smallest absolute Gasteiger partial charge is 0.345 e. The Bertz CT molecular complexity index is 461. The van der Waals surface area contributed by atoms with Crippen molar-refractivity contribution < 1.29 is 18.0 Å². The van der Waals surface area contributed by atoms with E-state index in [-0.39, 0.29) is 11.4 Å². The van der Waals surface area contributed by atoms with Gasteiger partial charge in [-0.15, -0.1) is 11.6 Å². The van der Waals surface area contributed by atoms with E-state index in [1.54, 1.807) is 0 Å². The van der Waals surface area contributed by atoms with Gasteiger partial charge in [-0.3, -0.25) is 4.79 Å². The number of rotatable bonds is 5. The van der Waals surface area contributed by atoms with Gasteiger partial charge in [-0.25, -0.2) is 0 Å². The molecular formula is C14H17ClF3NO. The molecule has 1 aromatic carbocycles. The lowest BCUT2D eigenvalue weighted by molar-refractivity contribution is -0.137. The van der Waals surface area contributed by atoms with Crippen LogP contribution in [0.25, 0.3) is 0 Å². The quantitative estimate of drug-likeness (QED) is 0.810. The predicted octanol–water partition coefficient (Wildman–Crippen LogP) is 4.23. The molecule has 0 fully saturated rings. The molecule has 6 heteroatoms. The topological polar surface area (TPSA) is 29.1 Å². The van der Waals surface area contributed by atoms with Crippen LogP contribution in [0, 0.1) is 0 Å². The summed E-state index contributed by atoms with van der Waals surface area (Å²) in [5.74, 6) is -0.328. The first-order chi connectivity index (χ1) is 9.28. The third-order valence-electron chi connectivity index (χ3n) is 3.44. The van der Waals surface area contributed by atoms with Crippen LogP contribution in [0.1, 0.15) is 42.6 Å². The fraction of sp³-hybridized carbons (Fsp3) is 0.500. The molecule has 0 heterocycles. The maximum atomic E-state index is 12.6. The van der Waals surface area contributed by atoms with E-state index >= 15 is 0 Å². The first-order valence-corrected chi connectivity index (χ1v) is 6.87. The molecule has 0 atom stereocenters. The molecule has 1 aromatic rings. The Morgan fingerprint density at radius 2 is 1.85 bits per heavy atom. The van der Waals surface area contributed by atoms with Gasteiger partial charge in [0.15, 0.2) is 0 Å². The molecule has 2 nitrogen and oxygen atoms in total. The van der Waals surface area contributed by atoms with Gasteiger partial charge in [0.25, 0.3) is 5.91 Å². The molecule has 0 bridgehead atoms. The Morgan fingerprint density at radius 3 is 2.30 bits per heavy atom. The Balaban J connectivity index is 2.99. The maximum absolute atomic E-state index is 12.6. The second-order valence-electron chi connectivity index (χ2n) is 4.65. The number of carbonyl (C=O) groups excluding carboxylic acids is 1. The zero-order valence-electron chi connectivity index (χ0n) is 11.4. The van der Waals surface area contributed by atoms with E-state index in [4.69, 9.17) is 11.6 Å². The average molecular weight is 308 g/mol. The summed E-state index contributed by atoms with van der Waals surface area (Å²) < 4.78 is 37.8. The summed E-state index contributed by atoms with van der Waals surface area (Å²) in [4.78, 5) is 12.1. The zero-order chi connectivity index (χ0) is 15.4. The van der Waals surface area contributed by atoms with Crippen molar-refractivity contribution in [1.82, 2.24) is 5.32 Å². The SMILES string of the molecule is CCC(CC)(CCl)NC(=O)c1cccc(C(F)(F)F)c1. The summed E-state index contributed by atoms with van der Waals surface area (Å²) >= 11 is 5.87. The first kappa shape index (κ1) is 16.8. The van der Waals surface area contributed by atoms with Gasteiger partial charge >= 0.3 is 6.18 Å². The van der Waals surface area contributed by atoms with Gasteiger partial charge in [0, 0.05) is 11.4 Å². The number of hydrogen-bond donors (Lipinski definition) is 1. The van der Waals surface area contributed by atoms with Crippen molar-refractivity contribution in [2.75, 3.05) is 5.88 Å². The molecule has 0 saturated carbocycles. The van der Waals surface area contributed by atoms with E-state index in [0.29, 0.717) is 12.8 Å². The minimum atomic E-state index is -4.46. The molecule has 0 aliphatic rings. The summed E-state index contributed by atoms with van der Waals surface area (Å²) in [6, 6.07) is 4.36. The largest absolute Gasteiger partial charge is 0.416 e. The van der Waals surface area contributed by atoms with Gasteiger partial charge in [0.1, 0.15) is 0 Å². The molecule has 0 aliphatic heterocycles. The number of alkyl halides is 4. The molecule has 20 heavy (non-hydrogen) atoms. The number of carbonyl (C=O) groups is 1. The molecular weight excluding hydrogens is 291 g/mol. The lowest BCUT2D eigenvalue weighted by Gasteiger charge is -2.30. The highest BCUT2D eigenvalue weighted by atomic mass is 35.5.